The van der Waals surface area contributed by atoms with Crippen LogP contribution in [0.25, 0.3) is 33.4 Å². The monoisotopic (exact) mass is 380 g/mol. The van der Waals surface area contributed by atoms with Crippen molar-refractivity contribution in [3.8, 4) is 44.9 Å². The number of methoxy groups -OCH3 is 1. The molecule has 0 aliphatic rings. The van der Waals surface area contributed by atoms with Gasteiger partial charge in [0.25, 0.3) is 0 Å². The number of ether oxygens (including phenoxy) is 2. The SMILES string of the molecule is CCOc1ccc(-c2cccc(OC)c2-c2ccc(-c3ccccc3)cc2)cc1. The lowest BCUT2D eigenvalue weighted by Gasteiger charge is -2.15. The third-order valence-corrected chi connectivity index (χ3v) is 5.00. The zero-order valence-corrected chi connectivity index (χ0v) is 16.8. The van der Waals surface area contributed by atoms with Crippen LogP contribution < -0.4 is 9.47 Å². The van der Waals surface area contributed by atoms with Gasteiger partial charge < -0.3 is 9.47 Å². The molecule has 0 spiro atoms. The standard InChI is InChI=1S/C27H24O2/c1-3-29-24-18-16-22(17-19-24)25-10-7-11-26(28-2)27(25)23-14-12-21(13-15-23)20-8-5-4-6-9-20/h4-19H,3H2,1-2H3. The van der Waals surface area contributed by atoms with Gasteiger partial charge in [-0.15, -0.1) is 0 Å². The molecule has 0 heterocycles. The lowest BCUT2D eigenvalue weighted by Crippen LogP contribution is -1.93. The second-order valence-corrected chi connectivity index (χ2v) is 6.78. The maximum Gasteiger partial charge on any atom is 0.127 e. The third-order valence-electron chi connectivity index (χ3n) is 5.00. The van der Waals surface area contributed by atoms with Crippen LogP contribution in [-0.2, 0) is 0 Å². The normalized spacial score (nSPS) is 10.6. The number of benzene rings is 4. The fourth-order valence-corrected chi connectivity index (χ4v) is 3.60. The van der Waals surface area contributed by atoms with Crippen LogP contribution >= 0.6 is 0 Å². The van der Waals surface area contributed by atoms with Crippen LogP contribution in [-0.4, -0.2) is 13.7 Å². The van der Waals surface area contributed by atoms with Crippen molar-refractivity contribution in [1.82, 2.24) is 0 Å². The van der Waals surface area contributed by atoms with Crippen molar-refractivity contribution in [1.29, 1.82) is 0 Å². The molecule has 0 saturated carbocycles. The van der Waals surface area contributed by atoms with Crippen LogP contribution in [0, 0.1) is 0 Å². The minimum absolute atomic E-state index is 0.664. The van der Waals surface area contributed by atoms with Gasteiger partial charge in [-0.05, 0) is 52.9 Å². The Morgan fingerprint density at radius 3 is 1.86 bits per heavy atom. The molecule has 0 atom stereocenters. The van der Waals surface area contributed by atoms with Gasteiger partial charge >= 0.3 is 0 Å². The Bertz CT molecular complexity index is 1070. The molecule has 0 bridgehead atoms. The molecular formula is C27H24O2. The molecule has 0 aromatic heterocycles. The van der Waals surface area contributed by atoms with Crippen LogP contribution in [0.2, 0.25) is 0 Å². The van der Waals surface area contributed by atoms with Crippen molar-refractivity contribution in [2.45, 2.75) is 6.92 Å². The van der Waals surface area contributed by atoms with E-state index in [0.29, 0.717) is 6.61 Å². The van der Waals surface area contributed by atoms with Gasteiger partial charge in [-0.2, -0.15) is 0 Å². The Hall–Kier alpha value is -3.52. The Kier molecular flexibility index (Phi) is 5.62. The lowest BCUT2D eigenvalue weighted by atomic mass is 9.92. The summed E-state index contributed by atoms with van der Waals surface area (Å²) < 4.78 is 11.3. The molecular weight excluding hydrogens is 356 g/mol. The molecule has 0 aliphatic carbocycles. The highest BCUT2D eigenvalue weighted by Crippen LogP contribution is 2.40. The summed E-state index contributed by atoms with van der Waals surface area (Å²) in [5.74, 6) is 1.75. The second kappa shape index (κ2) is 8.66. The van der Waals surface area contributed by atoms with E-state index in [2.05, 4.69) is 66.7 Å². The maximum absolute atomic E-state index is 5.71. The first kappa shape index (κ1) is 18.8. The van der Waals surface area contributed by atoms with Crippen molar-refractivity contribution < 1.29 is 9.47 Å². The van der Waals surface area contributed by atoms with Gasteiger partial charge in [0.2, 0.25) is 0 Å². The molecule has 0 radical (unpaired) electrons. The molecule has 2 heteroatoms. The van der Waals surface area contributed by atoms with E-state index in [1.807, 2.05) is 37.3 Å². The first-order chi connectivity index (χ1) is 14.3. The molecule has 0 N–H and O–H groups in total. The van der Waals surface area contributed by atoms with Crippen LogP contribution in [0.3, 0.4) is 0 Å². The van der Waals surface area contributed by atoms with Crippen LogP contribution in [0.1, 0.15) is 6.92 Å². The van der Waals surface area contributed by atoms with Gasteiger partial charge in [0, 0.05) is 5.56 Å². The fraction of sp³-hybridized carbons (Fsp3) is 0.111. The minimum atomic E-state index is 0.664. The predicted molar refractivity (Wildman–Crippen MR) is 120 cm³/mol. The van der Waals surface area contributed by atoms with E-state index in [9.17, 15) is 0 Å². The van der Waals surface area contributed by atoms with Crippen molar-refractivity contribution >= 4 is 0 Å². The highest BCUT2D eigenvalue weighted by Gasteiger charge is 2.13. The summed E-state index contributed by atoms with van der Waals surface area (Å²) in [6.45, 7) is 2.66. The lowest BCUT2D eigenvalue weighted by molar-refractivity contribution is 0.340. The highest BCUT2D eigenvalue weighted by atomic mass is 16.5. The molecule has 0 amide bonds. The third kappa shape index (κ3) is 4.02. The van der Waals surface area contributed by atoms with Crippen LogP contribution in [0.4, 0.5) is 0 Å². The number of hydrogen-bond donors (Lipinski definition) is 0. The molecule has 0 unspecified atom stereocenters. The van der Waals surface area contributed by atoms with E-state index >= 15 is 0 Å². The fourth-order valence-electron chi connectivity index (χ4n) is 3.60. The summed E-state index contributed by atoms with van der Waals surface area (Å²) in [5.41, 5.74) is 6.91. The predicted octanol–water partition coefficient (Wildman–Crippen LogP) is 7.09. The molecule has 4 aromatic carbocycles. The van der Waals surface area contributed by atoms with E-state index < -0.39 is 0 Å². The summed E-state index contributed by atoms with van der Waals surface area (Å²) in [4.78, 5) is 0. The largest absolute Gasteiger partial charge is 0.496 e. The van der Waals surface area contributed by atoms with Gasteiger partial charge in [0.15, 0.2) is 0 Å². The van der Waals surface area contributed by atoms with Gasteiger partial charge in [-0.3, -0.25) is 0 Å². The number of hydrogen-bond acceptors (Lipinski definition) is 2. The molecule has 144 valence electrons. The van der Waals surface area contributed by atoms with Crippen molar-refractivity contribution in [3.05, 3.63) is 97.1 Å². The molecule has 0 aliphatic heterocycles. The van der Waals surface area contributed by atoms with Crippen molar-refractivity contribution in [2.24, 2.45) is 0 Å². The quantitative estimate of drug-likeness (QED) is 0.355. The maximum atomic E-state index is 5.71. The first-order valence-electron chi connectivity index (χ1n) is 9.86. The Morgan fingerprint density at radius 2 is 1.21 bits per heavy atom. The van der Waals surface area contributed by atoms with Gasteiger partial charge in [0.05, 0.1) is 13.7 Å². The van der Waals surface area contributed by atoms with Gasteiger partial charge in [-0.1, -0.05) is 78.9 Å². The second-order valence-electron chi connectivity index (χ2n) is 6.78. The summed E-state index contributed by atoms with van der Waals surface area (Å²) >= 11 is 0. The average Bonchev–Trinajstić information content (AvgIpc) is 2.80. The smallest absolute Gasteiger partial charge is 0.127 e. The summed E-state index contributed by atoms with van der Waals surface area (Å²) in [7, 11) is 1.72. The first-order valence-corrected chi connectivity index (χ1v) is 9.86. The number of rotatable bonds is 6. The van der Waals surface area contributed by atoms with E-state index in [1.54, 1.807) is 7.11 Å². The zero-order chi connectivity index (χ0) is 20.1. The zero-order valence-electron chi connectivity index (χ0n) is 16.8. The van der Waals surface area contributed by atoms with Gasteiger partial charge in [-0.25, -0.2) is 0 Å². The van der Waals surface area contributed by atoms with E-state index in [4.69, 9.17) is 9.47 Å². The molecule has 0 fully saturated rings. The van der Waals surface area contributed by atoms with Gasteiger partial charge in [0.1, 0.15) is 11.5 Å². The molecule has 2 nitrogen and oxygen atoms in total. The van der Waals surface area contributed by atoms with E-state index in [1.165, 1.54) is 11.1 Å². The van der Waals surface area contributed by atoms with Crippen molar-refractivity contribution in [3.63, 3.8) is 0 Å². The minimum Gasteiger partial charge on any atom is -0.496 e. The molecule has 4 aromatic rings. The molecule has 4 rings (SSSR count). The summed E-state index contributed by atoms with van der Waals surface area (Å²) in [6, 6.07) is 33.5. The van der Waals surface area contributed by atoms with Crippen LogP contribution in [0.5, 0.6) is 11.5 Å². The topological polar surface area (TPSA) is 18.5 Å². The Balaban J connectivity index is 1.77. The van der Waals surface area contributed by atoms with E-state index in [-0.39, 0.29) is 0 Å². The van der Waals surface area contributed by atoms with E-state index in [0.717, 1.165) is 33.8 Å². The molecule has 0 saturated heterocycles. The molecule has 29 heavy (non-hydrogen) atoms. The van der Waals surface area contributed by atoms with Crippen LogP contribution in [0.15, 0.2) is 97.1 Å². The summed E-state index contributed by atoms with van der Waals surface area (Å²) in [5, 5.41) is 0. The van der Waals surface area contributed by atoms with Crippen molar-refractivity contribution in [2.75, 3.05) is 13.7 Å². The highest BCUT2D eigenvalue weighted by molar-refractivity contribution is 5.88. The average molecular weight is 380 g/mol. The summed E-state index contributed by atoms with van der Waals surface area (Å²) in [6.07, 6.45) is 0. The Labute approximate surface area is 172 Å². The Morgan fingerprint density at radius 1 is 0.586 bits per heavy atom.